The molecule has 2 aromatic carbocycles. The molecule has 0 aliphatic carbocycles. The van der Waals surface area contributed by atoms with Crippen LogP contribution in [0.2, 0.25) is 5.02 Å². The molecule has 140 valence electrons. The third kappa shape index (κ3) is 3.00. The second-order valence-electron chi connectivity index (χ2n) is 6.05. The van der Waals surface area contributed by atoms with Gasteiger partial charge in [-0.15, -0.1) is 11.3 Å². The predicted molar refractivity (Wildman–Crippen MR) is 110 cm³/mol. The number of rotatable bonds is 4. The topological polar surface area (TPSA) is 64.8 Å². The van der Waals surface area contributed by atoms with Gasteiger partial charge in [0.2, 0.25) is 0 Å². The van der Waals surface area contributed by atoms with Gasteiger partial charge in [0.25, 0.3) is 5.56 Å². The molecule has 4 aromatic rings. The number of nitrogens with zero attached hydrogens (tertiary/aromatic N) is 1. The third-order valence-corrected chi connectivity index (χ3v) is 5.76. The fourth-order valence-corrected chi connectivity index (χ4v) is 4.31. The van der Waals surface area contributed by atoms with Crippen LogP contribution in [0.1, 0.15) is 33.2 Å². The summed E-state index contributed by atoms with van der Waals surface area (Å²) in [6.07, 6.45) is 1.42. The molecule has 2 aromatic heterocycles. The van der Waals surface area contributed by atoms with Crippen molar-refractivity contribution in [1.29, 1.82) is 0 Å². The second-order valence-corrected chi connectivity index (χ2v) is 7.52. The molecule has 0 aliphatic heterocycles. The van der Waals surface area contributed by atoms with Gasteiger partial charge in [-0.1, -0.05) is 23.7 Å². The van der Waals surface area contributed by atoms with Crippen molar-refractivity contribution in [2.45, 2.75) is 6.92 Å². The highest BCUT2D eigenvalue weighted by molar-refractivity contribution is 7.23. The molecule has 0 saturated carbocycles. The number of carbonyl (C=O) groups is 2. The van der Waals surface area contributed by atoms with Crippen molar-refractivity contribution in [1.82, 2.24) is 4.40 Å². The van der Waals surface area contributed by atoms with E-state index < -0.39 is 5.97 Å². The smallest absolute Gasteiger partial charge is 0.341 e. The maximum absolute atomic E-state index is 13.1. The molecule has 0 saturated heterocycles. The largest absolute Gasteiger partial charge is 0.462 e. The van der Waals surface area contributed by atoms with Crippen molar-refractivity contribution in [3.8, 4) is 0 Å². The fourth-order valence-electron chi connectivity index (χ4n) is 3.03. The highest BCUT2D eigenvalue weighted by atomic mass is 35.5. The van der Waals surface area contributed by atoms with Gasteiger partial charge in [0.1, 0.15) is 10.4 Å². The maximum Gasteiger partial charge on any atom is 0.341 e. The number of carbonyl (C=O) groups excluding carboxylic acids is 2. The summed E-state index contributed by atoms with van der Waals surface area (Å²) in [5, 5.41) is 1.02. The minimum atomic E-state index is -0.631. The Kier molecular flexibility index (Phi) is 4.75. The second kappa shape index (κ2) is 7.22. The van der Waals surface area contributed by atoms with E-state index in [1.54, 1.807) is 43.3 Å². The zero-order chi connectivity index (χ0) is 19.8. The van der Waals surface area contributed by atoms with Crippen molar-refractivity contribution in [3.05, 3.63) is 86.8 Å². The first-order valence-corrected chi connectivity index (χ1v) is 9.75. The van der Waals surface area contributed by atoms with Gasteiger partial charge in [0.05, 0.1) is 17.6 Å². The first-order chi connectivity index (χ1) is 13.5. The van der Waals surface area contributed by atoms with Crippen LogP contribution in [0.25, 0.3) is 14.9 Å². The van der Waals surface area contributed by atoms with Crippen LogP contribution in [-0.4, -0.2) is 22.8 Å². The summed E-state index contributed by atoms with van der Waals surface area (Å²) in [4.78, 5) is 39.1. The van der Waals surface area contributed by atoms with E-state index in [2.05, 4.69) is 0 Å². The normalized spacial score (nSPS) is 11.1. The number of hydrogen-bond acceptors (Lipinski definition) is 5. The van der Waals surface area contributed by atoms with Crippen molar-refractivity contribution >= 4 is 49.6 Å². The Bertz CT molecular complexity index is 1290. The monoisotopic (exact) mass is 411 g/mol. The van der Waals surface area contributed by atoms with Crippen LogP contribution < -0.4 is 5.56 Å². The van der Waals surface area contributed by atoms with E-state index in [9.17, 15) is 14.4 Å². The van der Waals surface area contributed by atoms with Crippen molar-refractivity contribution in [2.24, 2.45) is 0 Å². The van der Waals surface area contributed by atoms with Crippen LogP contribution in [-0.2, 0) is 4.74 Å². The number of ether oxygens (including phenoxy) is 1. The lowest BCUT2D eigenvalue weighted by atomic mass is 10.0. The fraction of sp³-hybridized carbons (Fsp3) is 0.0952. The predicted octanol–water partition coefficient (Wildman–Crippen LogP) is 4.58. The van der Waals surface area contributed by atoms with Gasteiger partial charge in [-0.2, -0.15) is 0 Å². The number of hydrogen-bond donors (Lipinski definition) is 0. The SMILES string of the molecule is CCOC(=O)c1c(C(=O)c2ccc(Cl)cc2)cn2c(=O)c3ccccc3sc12. The van der Waals surface area contributed by atoms with Gasteiger partial charge >= 0.3 is 5.97 Å². The van der Waals surface area contributed by atoms with E-state index in [1.165, 1.54) is 21.9 Å². The number of esters is 1. The van der Waals surface area contributed by atoms with Crippen LogP contribution in [0.15, 0.2) is 59.5 Å². The molecular formula is C21H14ClNO4S. The van der Waals surface area contributed by atoms with Gasteiger partial charge in [0, 0.05) is 21.5 Å². The minimum absolute atomic E-state index is 0.106. The highest BCUT2D eigenvalue weighted by Gasteiger charge is 2.26. The van der Waals surface area contributed by atoms with Crippen LogP contribution in [0.5, 0.6) is 0 Å². The number of aromatic nitrogens is 1. The van der Waals surface area contributed by atoms with Gasteiger partial charge in [0.15, 0.2) is 5.78 Å². The summed E-state index contributed by atoms with van der Waals surface area (Å²) in [6.45, 7) is 1.85. The molecule has 2 heterocycles. The molecule has 0 bridgehead atoms. The van der Waals surface area contributed by atoms with E-state index in [0.29, 0.717) is 20.8 Å². The molecule has 0 unspecified atom stereocenters. The minimum Gasteiger partial charge on any atom is -0.462 e. The Balaban J connectivity index is 2.03. The highest BCUT2D eigenvalue weighted by Crippen LogP contribution is 2.29. The van der Waals surface area contributed by atoms with E-state index in [0.717, 1.165) is 4.70 Å². The Morgan fingerprint density at radius 2 is 1.82 bits per heavy atom. The van der Waals surface area contributed by atoms with E-state index in [1.807, 2.05) is 12.1 Å². The molecule has 0 radical (unpaired) electrons. The summed E-state index contributed by atoms with van der Waals surface area (Å²) in [5.74, 6) is -1.01. The molecule has 0 amide bonds. The van der Waals surface area contributed by atoms with Crippen LogP contribution in [0, 0.1) is 0 Å². The number of fused-ring (bicyclic) bond motifs is 2. The lowest BCUT2D eigenvalue weighted by Crippen LogP contribution is -2.12. The molecule has 0 fully saturated rings. The van der Waals surface area contributed by atoms with Crippen molar-refractivity contribution in [3.63, 3.8) is 0 Å². The Morgan fingerprint density at radius 1 is 1.11 bits per heavy atom. The number of benzene rings is 2. The molecule has 0 N–H and O–H groups in total. The van der Waals surface area contributed by atoms with Crippen LogP contribution >= 0.6 is 22.9 Å². The quantitative estimate of drug-likeness (QED) is 0.364. The molecule has 0 spiro atoms. The molecule has 7 heteroatoms. The molecule has 0 aliphatic rings. The average molecular weight is 412 g/mol. The molecule has 5 nitrogen and oxygen atoms in total. The van der Waals surface area contributed by atoms with Crippen LogP contribution in [0.4, 0.5) is 0 Å². The van der Waals surface area contributed by atoms with Gasteiger partial charge < -0.3 is 4.74 Å². The summed E-state index contributed by atoms with van der Waals surface area (Å²) in [6, 6.07) is 13.5. The Labute approximate surface area is 168 Å². The van der Waals surface area contributed by atoms with E-state index in [4.69, 9.17) is 16.3 Å². The molecule has 28 heavy (non-hydrogen) atoms. The number of ketones is 1. The third-order valence-electron chi connectivity index (χ3n) is 4.33. The molecule has 0 atom stereocenters. The summed E-state index contributed by atoms with van der Waals surface area (Å²) >= 11 is 7.17. The first-order valence-electron chi connectivity index (χ1n) is 8.55. The van der Waals surface area contributed by atoms with Crippen LogP contribution in [0.3, 0.4) is 0 Å². The lowest BCUT2D eigenvalue weighted by molar-refractivity contribution is 0.0526. The summed E-state index contributed by atoms with van der Waals surface area (Å²) < 4.78 is 7.25. The average Bonchev–Trinajstić information content (AvgIpc) is 3.08. The lowest BCUT2D eigenvalue weighted by Gasteiger charge is -2.05. The maximum atomic E-state index is 13.1. The molecular weight excluding hydrogens is 398 g/mol. The standard InChI is InChI=1S/C21H14ClNO4S/c1-2-27-21(26)17-15(18(24)12-7-9-13(22)10-8-12)11-23-19(25)14-5-3-4-6-16(14)28-20(17)23/h3-11H,2H2,1H3. The van der Waals surface area contributed by atoms with Gasteiger partial charge in [-0.3, -0.25) is 14.0 Å². The summed E-state index contributed by atoms with van der Waals surface area (Å²) in [7, 11) is 0. The van der Waals surface area contributed by atoms with Gasteiger partial charge in [-0.25, -0.2) is 4.79 Å². The number of halogens is 1. The Morgan fingerprint density at radius 3 is 2.54 bits per heavy atom. The van der Waals surface area contributed by atoms with Crippen molar-refractivity contribution < 1.29 is 14.3 Å². The summed E-state index contributed by atoms with van der Waals surface area (Å²) in [5.41, 5.74) is 0.317. The first kappa shape index (κ1) is 18.4. The van der Waals surface area contributed by atoms with Crippen molar-refractivity contribution in [2.75, 3.05) is 6.61 Å². The van der Waals surface area contributed by atoms with Gasteiger partial charge in [-0.05, 0) is 43.3 Å². The molecule has 4 rings (SSSR count). The van der Waals surface area contributed by atoms with E-state index in [-0.39, 0.29) is 29.1 Å². The van der Waals surface area contributed by atoms with E-state index >= 15 is 0 Å². The zero-order valence-electron chi connectivity index (χ0n) is 14.8. The zero-order valence-corrected chi connectivity index (χ0v) is 16.3. The Hall–Kier alpha value is -2.96.